The Hall–Kier alpha value is -5.00. The van der Waals surface area contributed by atoms with Crippen molar-refractivity contribution in [2.75, 3.05) is 20.3 Å². The van der Waals surface area contributed by atoms with Crippen LogP contribution in [-0.4, -0.2) is 48.3 Å². The van der Waals surface area contributed by atoms with Crippen molar-refractivity contribution in [3.63, 3.8) is 0 Å². The van der Waals surface area contributed by atoms with Gasteiger partial charge in [-0.3, -0.25) is 14.6 Å². The summed E-state index contributed by atoms with van der Waals surface area (Å²) >= 11 is 0. The Bertz CT molecular complexity index is 1900. The number of nitrogens with zero attached hydrogens (tertiary/aromatic N) is 2. The van der Waals surface area contributed by atoms with Crippen LogP contribution in [0.4, 0.5) is 8.78 Å². The highest BCUT2D eigenvalue weighted by atomic mass is 19.3. The predicted molar refractivity (Wildman–Crippen MR) is 159 cm³/mol. The monoisotopic (exact) mass is 616 g/mol. The lowest BCUT2D eigenvalue weighted by atomic mass is 9.82. The zero-order valence-corrected chi connectivity index (χ0v) is 24.8. The van der Waals surface area contributed by atoms with Crippen molar-refractivity contribution in [2.24, 2.45) is 11.7 Å². The summed E-state index contributed by atoms with van der Waals surface area (Å²) in [6, 6.07) is 11.6. The van der Waals surface area contributed by atoms with Gasteiger partial charge in [-0.1, -0.05) is 0 Å². The lowest BCUT2D eigenvalue weighted by Gasteiger charge is -2.22. The maximum Gasteiger partial charge on any atom is 0.586 e. The molecule has 7 rings (SSSR count). The van der Waals surface area contributed by atoms with Crippen LogP contribution in [0.3, 0.4) is 0 Å². The number of pyridine rings is 2. The lowest BCUT2D eigenvalue weighted by molar-refractivity contribution is -0.286. The van der Waals surface area contributed by atoms with Crippen LogP contribution >= 0.6 is 0 Å². The van der Waals surface area contributed by atoms with Crippen LogP contribution in [0.5, 0.6) is 23.0 Å². The van der Waals surface area contributed by atoms with E-state index in [-0.39, 0.29) is 42.4 Å². The number of primary amides is 1. The fourth-order valence-electron chi connectivity index (χ4n) is 6.02. The van der Waals surface area contributed by atoms with Crippen LogP contribution in [0.25, 0.3) is 22.2 Å². The summed E-state index contributed by atoms with van der Waals surface area (Å²) in [5, 5.41) is 3.85. The molecule has 2 aromatic carbocycles. The number of methoxy groups -OCH3 is 1. The van der Waals surface area contributed by atoms with Gasteiger partial charge in [0.2, 0.25) is 5.91 Å². The topological polar surface area (TPSA) is 135 Å². The van der Waals surface area contributed by atoms with Crippen LogP contribution in [0.2, 0.25) is 0 Å². The third kappa shape index (κ3) is 5.03. The lowest BCUT2D eigenvalue weighted by Crippen LogP contribution is -2.40. The number of aromatic nitrogens is 2. The first-order valence-electron chi connectivity index (χ1n) is 14.6. The van der Waals surface area contributed by atoms with Crippen molar-refractivity contribution in [1.82, 2.24) is 15.3 Å². The van der Waals surface area contributed by atoms with Gasteiger partial charge in [-0.25, -0.2) is 4.98 Å². The number of hydrogen-bond donors (Lipinski definition) is 2. The molecule has 4 heterocycles. The first-order chi connectivity index (χ1) is 21.5. The number of carbonyl (C=O) groups is 2. The normalized spacial score (nSPS) is 19.9. The summed E-state index contributed by atoms with van der Waals surface area (Å²) in [7, 11) is 1.54. The molecule has 3 N–H and O–H groups in total. The number of carbonyl (C=O) groups excluding carboxylic acids is 2. The minimum atomic E-state index is -3.78. The standard InChI is InChI=1S/C33H30F2N4O6/c1-16-8-19-9-20(11-26(42-3)27(19)37-13-16)30(40)38-14-21(17-4-5-17)23-12-22-29(43-15-32(22,2)31(36)41)28(39-23)18-6-7-24-25(10-18)45-33(34,35)44-24/h6-13,17,21H,4-5,14-15H2,1-3H3,(H2,36,41)(H,38,40)/t21-,32-/m0/s1. The molecule has 2 atom stereocenters. The van der Waals surface area contributed by atoms with Gasteiger partial charge in [-0.05, 0) is 80.6 Å². The second kappa shape index (κ2) is 10.3. The fraction of sp³-hybridized carbons (Fsp3) is 0.333. The van der Waals surface area contributed by atoms with Gasteiger partial charge in [0, 0.05) is 46.4 Å². The minimum Gasteiger partial charge on any atom is -0.494 e. The molecule has 0 radical (unpaired) electrons. The van der Waals surface area contributed by atoms with Crippen molar-refractivity contribution < 1.29 is 37.3 Å². The summed E-state index contributed by atoms with van der Waals surface area (Å²) in [6.45, 7) is 3.90. The molecule has 12 heteroatoms. The van der Waals surface area contributed by atoms with Gasteiger partial charge in [0.1, 0.15) is 34.7 Å². The van der Waals surface area contributed by atoms with E-state index >= 15 is 0 Å². The highest BCUT2D eigenvalue weighted by Gasteiger charge is 2.46. The molecule has 0 spiro atoms. The Morgan fingerprint density at radius 2 is 1.91 bits per heavy atom. The van der Waals surface area contributed by atoms with E-state index in [1.54, 1.807) is 31.3 Å². The van der Waals surface area contributed by atoms with E-state index in [0.717, 1.165) is 23.8 Å². The molecule has 3 aliphatic rings. The number of rotatable bonds is 8. The number of ether oxygens (including phenoxy) is 4. The summed E-state index contributed by atoms with van der Waals surface area (Å²) in [5.41, 5.74) is 8.72. The van der Waals surface area contributed by atoms with Crippen LogP contribution in [0.1, 0.15) is 52.9 Å². The Kier molecular flexibility index (Phi) is 6.57. The number of fused-ring (bicyclic) bond motifs is 3. The maximum atomic E-state index is 13.8. The van der Waals surface area contributed by atoms with Gasteiger partial charge >= 0.3 is 6.29 Å². The van der Waals surface area contributed by atoms with Gasteiger partial charge in [-0.15, -0.1) is 8.78 Å². The minimum absolute atomic E-state index is 0.00137. The van der Waals surface area contributed by atoms with E-state index in [0.29, 0.717) is 45.1 Å². The van der Waals surface area contributed by atoms with Crippen LogP contribution in [0, 0.1) is 12.8 Å². The number of halogens is 2. The van der Waals surface area contributed by atoms with E-state index in [2.05, 4.69) is 19.8 Å². The number of hydrogen-bond acceptors (Lipinski definition) is 8. The zero-order chi connectivity index (χ0) is 31.7. The van der Waals surface area contributed by atoms with Crippen LogP contribution in [0.15, 0.2) is 48.7 Å². The number of alkyl halides is 2. The molecular formula is C33H30F2N4O6. The molecule has 1 fully saturated rings. The Morgan fingerprint density at radius 1 is 1.13 bits per heavy atom. The second-order valence-corrected chi connectivity index (χ2v) is 12.0. The zero-order valence-electron chi connectivity index (χ0n) is 24.8. The third-order valence-electron chi connectivity index (χ3n) is 8.73. The highest BCUT2D eigenvalue weighted by Crippen LogP contribution is 2.50. The summed E-state index contributed by atoms with van der Waals surface area (Å²) in [4.78, 5) is 35.5. The van der Waals surface area contributed by atoms with Gasteiger partial charge in [0.15, 0.2) is 11.5 Å². The first kappa shape index (κ1) is 28.8. The number of amides is 2. The Labute approximate surface area is 256 Å². The Morgan fingerprint density at radius 3 is 2.64 bits per heavy atom. The van der Waals surface area contributed by atoms with E-state index in [1.807, 2.05) is 19.1 Å². The van der Waals surface area contributed by atoms with E-state index in [4.69, 9.17) is 20.2 Å². The van der Waals surface area contributed by atoms with Crippen LogP contribution in [-0.2, 0) is 10.2 Å². The maximum absolute atomic E-state index is 13.8. The van der Waals surface area contributed by atoms with Crippen molar-refractivity contribution in [2.45, 2.75) is 44.3 Å². The number of nitrogens with two attached hydrogens (primary N) is 1. The van der Waals surface area contributed by atoms with Crippen LogP contribution < -0.4 is 30.0 Å². The van der Waals surface area contributed by atoms with Gasteiger partial charge in [-0.2, -0.15) is 0 Å². The number of aryl methyl sites for hydroxylation is 1. The van der Waals surface area contributed by atoms with E-state index < -0.39 is 17.6 Å². The Balaban J connectivity index is 1.25. The molecule has 10 nitrogen and oxygen atoms in total. The molecule has 0 saturated heterocycles. The van der Waals surface area contributed by atoms with Crippen molar-refractivity contribution >= 4 is 22.7 Å². The molecule has 0 unspecified atom stereocenters. The van der Waals surface area contributed by atoms with Gasteiger partial charge in [0.25, 0.3) is 5.91 Å². The van der Waals surface area contributed by atoms with Gasteiger partial charge < -0.3 is 30.0 Å². The summed E-state index contributed by atoms with van der Waals surface area (Å²) in [6.07, 6.45) is -0.160. The molecule has 0 bridgehead atoms. The molecule has 2 aromatic heterocycles. The predicted octanol–water partition coefficient (Wildman–Crippen LogP) is 4.99. The fourth-order valence-corrected chi connectivity index (χ4v) is 6.02. The smallest absolute Gasteiger partial charge is 0.494 e. The average molecular weight is 617 g/mol. The van der Waals surface area contributed by atoms with Crippen molar-refractivity contribution in [3.8, 4) is 34.3 Å². The highest BCUT2D eigenvalue weighted by molar-refractivity contribution is 6.00. The van der Waals surface area contributed by atoms with Crippen molar-refractivity contribution in [3.05, 3.63) is 71.0 Å². The second-order valence-electron chi connectivity index (χ2n) is 12.0. The third-order valence-corrected chi connectivity index (χ3v) is 8.73. The molecule has 1 saturated carbocycles. The first-order valence-corrected chi connectivity index (χ1v) is 14.6. The SMILES string of the molecule is COc1cc(C(=O)NC[C@H](c2cc3c(c(-c4ccc5c(c4)OC(F)(F)O5)n2)OC[C@]3(C)C(N)=O)C2CC2)cc2cc(C)cnc12. The molecule has 4 aromatic rings. The number of nitrogens with one attached hydrogen (secondary N) is 1. The largest absolute Gasteiger partial charge is 0.586 e. The molecule has 45 heavy (non-hydrogen) atoms. The van der Waals surface area contributed by atoms with E-state index in [1.165, 1.54) is 19.2 Å². The molecule has 1 aliphatic carbocycles. The number of benzene rings is 2. The van der Waals surface area contributed by atoms with E-state index in [9.17, 15) is 18.4 Å². The average Bonchev–Trinajstić information content (AvgIpc) is 3.71. The quantitative estimate of drug-likeness (QED) is 0.283. The van der Waals surface area contributed by atoms with Gasteiger partial charge in [0.05, 0.1) is 7.11 Å². The molecular weight excluding hydrogens is 586 g/mol. The van der Waals surface area contributed by atoms with Crippen molar-refractivity contribution in [1.29, 1.82) is 0 Å². The summed E-state index contributed by atoms with van der Waals surface area (Å²) in [5.74, 6) is -0.234. The molecule has 232 valence electrons. The molecule has 2 amide bonds. The molecule has 2 aliphatic heterocycles. The summed E-state index contributed by atoms with van der Waals surface area (Å²) < 4.78 is 48.3.